The summed E-state index contributed by atoms with van der Waals surface area (Å²) in [6.45, 7) is 3.13. The third-order valence-corrected chi connectivity index (χ3v) is 6.48. The topological polar surface area (TPSA) is 49.9 Å². The lowest BCUT2D eigenvalue weighted by molar-refractivity contribution is -0.143. The Kier molecular flexibility index (Phi) is 5.67. The van der Waals surface area contributed by atoms with Gasteiger partial charge in [-0.3, -0.25) is 9.59 Å². The molecule has 0 unspecified atom stereocenters. The van der Waals surface area contributed by atoms with Gasteiger partial charge in [0.05, 0.1) is 6.04 Å². The first-order valence-corrected chi connectivity index (χ1v) is 10.9. The number of hydrogen-bond donors (Lipinski definition) is 0. The third-order valence-electron chi connectivity index (χ3n) is 5.48. The Labute approximate surface area is 169 Å². The molecule has 0 radical (unpaired) electrons. The van der Waals surface area contributed by atoms with Gasteiger partial charge in [0.25, 0.3) is 0 Å². The smallest absolute Gasteiger partial charge is 0.242 e. The van der Waals surface area contributed by atoms with Crippen LogP contribution in [-0.2, 0) is 16.0 Å². The van der Waals surface area contributed by atoms with Gasteiger partial charge in [-0.25, -0.2) is 0 Å². The summed E-state index contributed by atoms with van der Waals surface area (Å²) < 4.78 is 6.02. The number of thiophene rings is 1. The number of hydrogen-bond acceptors (Lipinski definition) is 4. The lowest BCUT2D eigenvalue weighted by Gasteiger charge is -2.37. The molecule has 1 atom stereocenters. The Hall–Kier alpha value is -2.34. The summed E-state index contributed by atoms with van der Waals surface area (Å²) in [6.07, 6.45) is 3.33. The summed E-state index contributed by atoms with van der Waals surface area (Å²) in [5, 5.41) is 2.09. The van der Waals surface area contributed by atoms with E-state index in [0.29, 0.717) is 19.6 Å². The molecule has 1 aromatic carbocycles. The highest BCUT2D eigenvalue weighted by Crippen LogP contribution is 2.34. The molecule has 2 aromatic rings. The van der Waals surface area contributed by atoms with Crippen molar-refractivity contribution in [3.8, 4) is 5.75 Å². The molecule has 4 rings (SSSR count). The molecule has 28 heavy (non-hydrogen) atoms. The van der Waals surface area contributed by atoms with E-state index in [2.05, 4.69) is 11.4 Å². The fraction of sp³-hybridized carbons (Fsp3) is 0.455. The number of carbonyl (C=O) groups is 2. The first kappa shape index (κ1) is 19.0. The Balaban J connectivity index is 1.50. The highest BCUT2D eigenvalue weighted by molar-refractivity contribution is 7.10. The maximum absolute atomic E-state index is 13.2. The molecule has 2 amide bonds. The molecule has 1 fully saturated rings. The summed E-state index contributed by atoms with van der Waals surface area (Å²) in [7, 11) is 0. The van der Waals surface area contributed by atoms with Gasteiger partial charge >= 0.3 is 0 Å². The normalized spacial score (nSPS) is 18.5. The van der Waals surface area contributed by atoms with Crippen molar-refractivity contribution in [1.29, 1.82) is 0 Å². The number of carbonyl (C=O) groups excluding carboxylic acids is 2. The van der Waals surface area contributed by atoms with Crippen molar-refractivity contribution >= 4 is 23.2 Å². The zero-order valence-corrected chi connectivity index (χ0v) is 17.0. The van der Waals surface area contributed by atoms with Gasteiger partial charge in [0.15, 0.2) is 0 Å². The average Bonchev–Trinajstić information content (AvgIpc) is 3.46. The number of ether oxygens (including phenoxy) is 1. The molecule has 1 aliphatic heterocycles. The Morgan fingerprint density at radius 1 is 1.21 bits per heavy atom. The van der Waals surface area contributed by atoms with E-state index in [4.69, 9.17) is 4.74 Å². The molecule has 1 aliphatic carbocycles. The second-order valence-corrected chi connectivity index (χ2v) is 8.38. The predicted octanol–water partition coefficient (Wildman–Crippen LogP) is 3.65. The number of benzene rings is 1. The predicted molar refractivity (Wildman–Crippen MR) is 109 cm³/mol. The minimum Gasteiger partial charge on any atom is -0.491 e. The van der Waals surface area contributed by atoms with Crippen molar-refractivity contribution in [2.75, 3.05) is 19.7 Å². The van der Waals surface area contributed by atoms with Crippen molar-refractivity contribution in [2.24, 2.45) is 0 Å². The second kappa shape index (κ2) is 8.35. The van der Waals surface area contributed by atoms with Gasteiger partial charge in [0, 0.05) is 23.9 Å². The van der Waals surface area contributed by atoms with Crippen LogP contribution in [0.4, 0.5) is 0 Å². The van der Waals surface area contributed by atoms with E-state index in [-0.39, 0.29) is 30.4 Å². The number of nitrogens with zero attached hydrogens (tertiary/aromatic N) is 2. The van der Waals surface area contributed by atoms with Crippen LogP contribution in [0.3, 0.4) is 0 Å². The lowest BCUT2D eigenvalue weighted by atomic mass is 10.0. The van der Waals surface area contributed by atoms with Crippen LogP contribution in [0.15, 0.2) is 41.8 Å². The van der Waals surface area contributed by atoms with E-state index >= 15 is 0 Å². The van der Waals surface area contributed by atoms with Crippen molar-refractivity contribution in [3.63, 3.8) is 0 Å². The monoisotopic (exact) mass is 398 g/mol. The zero-order valence-electron chi connectivity index (χ0n) is 16.2. The molecule has 1 saturated carbocycles. The van der Waals surface area contributed by atoms with Crippen LogP contribution in [0.5, 0.6) is 5.75 Å². The van der Waals surface area contributed by atoms with Crippen molar-refractivity contribution in [1.82, 2.24) is 9.80 Å². The largest absolute Gasteiger partial charge is 0.491 e. The van der Waals surface area contributed by atoms with Gasteiger partial charge in [-0.2, -0.15) is 0 Å². The minimum atomic E-state index is -0.111. The van der Waals surface area contributed by atoms with Crippen LogP contribution in [0.25, 0.3) is 0 Å². The van der Waals surface area contributed by atoms with E-state index in [1.165, 1.54) is 10.4 Å². The van der Waals surface area contributed by atoms with E-state index in [9.17, 15) is 9.59 Å². The fourth-order valence-electron chi connectivity index (χ4n) is 3.81. The molecule has 0 spiro atoms. The van der Waals surface area contributed by atoms with Crippen LogP contribution in [-0.4, -0.2) is 47.4 Å². The molecule has 0 bridgehead atoms. The Morgan fingerprint density at radius 3 is 2.71 bits per heavy atom. The van der Waals surface area contributed by atoms with Crippen molar-refractivity contribution < 1.29 is 14.3 Å². The number of fused-ring (bicyclic) bond motifs is 1. The van der Waals surface area contributed by atoms with Gasteiger partial charge in [-0.15, -0.1) is 11.3 Å². The van der Waals surface area contributed by atoms with E-state index < -0.39 is 0 Å². The summed E-state index contributed by atoms with van der Waals surface area (Å²) >= 11 is 1.74. The molecule has 0 N–H and O–H groups in total. The maximum atomic E-state index is 13.2. The molecule has 0 saturated heterocycles. The third kappa shape index (κ3) is 4.07. The lowest BCUT2D eigenvalue weighted by Crippen LogP contribution is -2.48. The fourth-order valence-corrected chi connectivity index (χ4v) is 4.74. The minimum absolute atomic E-state index is 0.0206. The quantitative estimate of drug-likeness (QED) is 0.715. The summed E-state index contributed by atoms with van der Waals surface area (Å²) in [5.41, 5.74) is 1.18. The zero-order chi connectivity index (χ0) is 19.5. The highest BCUT2D eigenvalue weighted by Gasteiger charge is 2.37. The Bertz CT molecular complexity index is 831. The van der Waals surface area contributed by atoms with Crippen LogP contribution < -0.4 is 4.74 Å². The van der Waals surface area contributed by atoms with E-state index in [1.54, 1.807) is 16.2 Å². The number of para-hydroxylation sites is 1. The van der Waals surface area contributed by atoms with Gasteiger partial charge in [-0.1, -0.05) is 25.1 Å². The van der Waals surface area contributed by atoms with Gasteiger partial charge in [0.2, 0.25) is 11.8 Å². The molecular formula is C22H26N2O3S. The van der Waals surface area contributed by atoms with Crippen LogP contribution in [0.1, 0.15) is 42.7 Å². The first-order valence-electron chi connectivity index (χ1n) is 10.0. The SMILES string of the molecule is CCC(=O)N(CC(=O)N1CCc2sccc2[C@@H]1COc1ccccc1)C1CC1. The second-order valence-electron chi connectivity index (χ2n) is 7.38. The van der Waals surface area contributed by atoms with Crippen LogP contribution in [0, 0.1) is 0 Å². The summed E-state index contributed by atoms with van der Waals surface area (Å²) in [5.74, 6) is 0.895. The summed E-state index contributed by atoms with van der Waals surface area (Å²) in [6, 6.07) is 11.9. The summed E-state index contributed by atoms with van der Waals surface area (Å²) in [4.78, 5) is 30.5. The van der Waals surface area contributed by atoms with E-state index in [1.807, 2.05) is 42.2 Å². The standard InChI is InChI=1S/C22H26N2O3S/c1-2-21(25)24(16-8-9-16)14-22(26)23-12-10-20-18(11-13-28-20)19(23)15-27-17-6-4-3-5-7-17/h3-7,11,13,16,19H,2,8-10,12,14-15H2,1H3/t19-/m0/s1. The molecular weight excluding hydrogens is 372 g/mol. The molecule has 6 heteroatoms. The molecule has 1 aromatic heterocycles. The van der Waals surface area contributed by atoms with Gasteiger partial charge < -0.3 is 14.5 Å². The van der Waals surface area contributed by atoms with Crippen molar-refractivity contribution in [3.05, 3.63) is 52.2 Å². The Morgan fingerprint density at radius 2 is 2.00 bits per heavy atom. The highest BCUT2D eigenvalue weighted by atomic mass is 32.1. The van der Waals surface area contributed by atoms with Crippen molar-refractivity contribution in [2.45, 2.75) is 44.7 Å². The molecule has 148 valence electrons. The molecule has 2 aliphatic rings. The molecule has 2 heterocycles. The first-order chi connectivity index (χ1) is 13.7. The average molecular weight is 399 g/mol. The van der Waals surface area contributed by atoms with Gasteiger partial charge in [-0.05, 0) is 48.4 Å². The number of amides is 2. The number of rotatable bonds is 7. The maximum Gasteiger partial charge on any atom is 0.242 e. The van der Waals surface area contributed by atoms with Gasteiger partial charge in [0.1, 0.15) is 18.9 Å². The molecule has 5 nitrogen and oxygen atoms in total. The van der Waals surface area contributed by atoms with Crippen LogP contribution in [0.2, 0.25) is 0 Å². The van der Waals surface area contributed by atoms with Crippen LogP contribution >= 0.6 is 11.3 Å². The van der Waals surface area contributed by atoms with E-state index in [0.717, 1.165) is 25.0 Å².